The van der Waals surface area contributed by atoms with Crippen LogP contribution in [0, 0.1) is 13.8 Å². The third-order valence-electron chi connectivity index (χ3n) is 1.98. The molecule has 0 saturated heterocycles. The van der Waals surface area contributed by atoms with Crippen molar-refractivity contribution in [2.75, 3.05) is 5.32 Å². The van der Waals surface area contributed by atoms with Crippen LogP contribution in [-0.4, -0.2) is 22.0 Å². The highest BCUT2D eigenvalue weighted by molar-refractivity contribution is 5.74. The lowest BCUT2D eigenvalue weighted by atomic mass is 10.2. The monoisotopic (exact) mass is 208 g/mol. The predicted octanol–water partition coefficient (Wildman–Crippen LogP) is 0.0338. The zero-order valence-corrected chi connectivity index (χ0v) is 9.07. The summed E-state index contributed by atoms with van der Waals surface area (Å²) in [5.41, 5.74) is 1.61. The molecule has 0 aliphatic carbocycles. The average Bonchev–Trinajstić information content (AvgIpc) is 2.12. The summed E-state index contributed by atoms with van der Waals surface area (Å²) in [5.74, 6) is -0.802. The lowest BCUT2D eigenvalue weighted by molar-refractivity contribution is -0.306. The maximum absolute atomic E-state index is 10.7. The molecule has 0 aliphatic rings. The Morgan fingerprint density at radius 3 is 2.40 bits per heavy atom. The highest BCUT2D eigenvalue weighted by Gasteiger charge is 2.08. The van der Waals surface area contributed by atoms with Crippen molar-refractivity contribution < 1.29 is 9.90 Å². The van der Waals surface area contributed by atoms with E-state index >= 15 is 0 Å². The van der Waals surface area contributed by atoms with Crippen molar-refractivity contribution in [2.45, 2.75) is 33.2 Å². The Bertz CT molecular complexity index is 345. The van der Waals surface area contributed by atoms with Gasteiger partial charge in [0, 0.05) is 11.4 Å². The minimum Gasteiger partial charge on any atom is -0.548 e. The lowest BCUT2D eigenvalue weighted by Gasteiger charge is -2.17. The molecule has 1 rings (SSSR count). The first-order valence-corrected chi connectivity index (χ1v) is 4.82. The van der Waals surface area contributed by atoms with Crippen LogP contribution in [0.15, 0.2) is 6.07 Å². The van der Waals surface area contributed by atoms with E-state index < -0.39 is 12.0 Å². The molecule has 5 heteroatoms. The van der Waals surface area contributed by atoms with Crippen LogP contribution < -0.4 is 10.4 Å². The van der Waals surface area contributed by atoms with Crippen LogP contribution in [0.3, 0.4) is 0 Å². The van der Waals surface area contributed by atoms with Gasteiger partial charge >= 0.3 is 0 Å². The number of aliphatic carboxylic acids is 1. The summed E-state index contributed by atoms with van der Waals surface area (Å²) in [4.78, 5) is 18.9. The number of aryl methyl sites for hydroxylation is 2. The van der Waals surface area contributed by atoms with E-state index in [2.05, 4.69) is 15.3 Å². The van der Waals surface area contributed by atoms with Gasteiger partial charge in [-0.15, -0.1) is 0 Å². The molecule has 0 radical (unpaired) electrons. The van der Waals surface area contributed by atoms with Gasteiger partial charge in [0.1, 0.15) is 0 Å². The number of nitrogens with one attached hydrogen (secondary N) is 1. The number of carboxylic acids is 1. The lowest BCUT2D eigenvalue weighted by Crippen LogP contribution is -2.40. The van der Waals surface area contributed by atoms with Gasteiger partial charge in [-0.2, -0.15) is 0 Å². The van der Waals surface area contributed by atoms with Crippen molar-refractivity contribution in [1.82, 2.24) is 9.97 Å². The summed E-state index contributed by atoms with van der Waals surface area (Å²) in [6, 6.07) is 1.08. The Morgan fingerprint density at radius 1 is 1.47 bits per heavy atom. The molecule has 0 fully saturated rings. The van der Waals surface area contributed by atoms with Gasteiger partial charge in [0.05, 0.1) is 12.0 Å². The first kappa shape index (κ1) is 11.4. The van der Waals surface area contributed by atoms with Gasteiger partial charge < -0.3 is 15.2 Å². The summed E-state index contributed by atoms with van der Waals surface area (Å²) in [7, 11) is 0. The van der Waals surface area contributed by atoms with Crippen molar-refractivity contribution in [3.63, 3.8) is 0 Å². The van der Waals surface area contributed by atoms with Gasteiger partial charge in [-0.1, -0.05) is 6.92 Å². The second-order valence-corrected chi connectivity index (χ2v) is 3.40. The van der Waals surface area contributed by atoms with Crippen molar-refractivity contribution in [2.24, 2.45) is 0 Å². The van der Waals surface area contributed by atoms with Crippen molar-refractivity contribution in [3.05, 3.63) is 17.5 Å². The van der Waals surface area contributed by atoms with Crippen LogP contribution in [0.5, 0.6) is 0 Å². The summed E-state index contributed by atoms with van der Waals surface area (Å²) >= 11 is 0. The van der Waals surface area contributed by atoms with Crippen LogP contribution >= 0.6 is 0 Å². The van der Waals surface area contributed by atoms with Gasteiger partial charge in [0.2, 0.25) is 5.95 Å². The number of rotatable bonds is 4. The van der Waals surface area contributed by atoms with Crippen molar-refractivity contribution in [3.8, 4) is 0 Å². The third kappa shape index (κ3) is 3.19. The SMILES string of the molecule is CC[C@@H](Nc1nc(C)cc(C)n1)C(=O)[O-]. The molecule has 15 heavy (non-hydrogen) atoms. The van der Waals surface area contributed by atoms with Gasteiger partial charge in [-0.25, -0.2) is 9.97 Å². The number of carbonyl (C=O) groups is 1. The van der Waals surface area contributed by atoms with Crippen LogP contribution in [0.25, 0.3) is 0 Å². The first-order chi connectivity index (χ1) is 7.02. The second kappa shape index (κ2) is 4.72. The minimum atomic E-state index is -1.14. The number of hydrogen-bond donors (Lipinski definition) is 1. The summed E-state index contributed by atoms with van der Waals surface area (Å²) in [6.07, 6.45) is 0.429. The molecule has 1 aromatic heterocycles. The number of nitrogens with zero attached hydrogens (tertiary/aromatic N) is 2. The normalized spacial score (nSPS) is 12.2. The Kier molecular flexibility index (Phi) is 3.60. The molecule has 0 aliphatic heterocycles. The first-order valence-electron chi connectivity index (χ1n) is 4.82. The van der Waals surface area contributed by atoms with E-state index in [4.69, 9.17) is 0 Å². The third-order valence-corrected chi connectivity index (χ3v) is 1.98. The van der Waals surface area contributed by atoms with E-state index in [1.807, 2.05) is 19.9 Å². The Balaban J connectivity index is 2.83. The molecule has 1 aromatic rings. The highest BCUT2D eigenvalue weighted by atomic mass is 16.4. The maximum atomic E-state index is 10.7. The molecule has 1 heterocycles. The molecule has 82 valence electrons. The largest absolute Gasteiger partial charge is 0.548 e. The zero-order valence-electron chi connectivity index (χ0n) is 9.07. The van der Waals surface area contributed by atoms with E-state index in [0.29, 0.717) is 12.4 Å². The fourth-order valence-electron chi connectivity index (χ4n) is 1.27. The second-order valence-electron chi connectivity index (χ2n) is 3.40. The molecule has 5 nitrogen and oxygen atoms in total. The van der Waals surface area contributed by atoms with E-state index in [1.54, 1.807) is 6.92 Å². The Labute approximate surface area is 88.6 Å². The van der Waals surface area contributed by atoms with Gasteiger partial charge in [0.25, 0.3) is 0 Å². The van der Waals surface area contributed by atoms with E-state index in [-0.39, 0.29) is 0 Å². The van der Waals surface area contributed by atoms with E-state index in [1.165, 1.54) is 0 Å². The van der Waals surface area contributed by atoms with E-state index in [0.717, 1.165) is 11.4 Å². The molecule has 0 amide bonds. The fourth-order valence-corrected chi connectivity index (χ4v) is 1.27. The number of aromatic nitrogens is 2. The highest BCUT2D eigenvalue weighted by Crippen LogP contribution is 2.06. The predicted molar refractivity (Wildman–Crippen MR) is 54.2 cm³/mol. The molecule has 0 bridgehead atoms. The Morgan fingerprint density at radius 2 is 2.00 bits per heavy atom. The van der Waals surface area contributed by atoms with Crippen LogP contribution in [-0.2, 0) is 4.79 Å². The number of carboxylic acid groups (broad SMARTS) is 1. The van der Waals surface area contributed by atoms with Crippen LogP contribution in [0.2, 0.25) is 0 Å². The molecule has 0 spiro atoms. The summed E-state index contributed by atoms with van der Waals surface area (Å²) in [5, 5.41) is 13.4. The number of anilines is 1. The van der Waals surface area contributed by atoms with Crippen molar-refractivity contribution in [1.29, 1.82) is 0 Å². The molecular formula is C10H14N3O2-. The van der Waals surface area contributed by atoms with Crippen LogP contribution in [0.4, 0.5) is 5.95 Å². The van der Waals surface area contributed by atoms with Gasteiger partial charge in [-0.3, -0.25) is 0 Å². The average molecular weight is 208 g/mol. The molecule has 0 aromatic carbocycles. The van der Waals surface area contributed by atoms with Crippen molar-refractivity contribution >= 4 is 11.9 Å². The number of hydrogen-bond acceptors (Lipinski definition) is 5. The van der Waals surface area contributed by atoms with Gasteiger partial charge in [-0.05, 0) is 26.3 Å². The summed E-state index contributed by atoms with van der Waals surface area (Å²) < 4.78 is 0. The molecule has 1 N–H and O–H groups in total. The van der Waals surface area contributed by atoms with E-state index in [9.17, 15) is 9.90 Å². The Hall–Kier alpha value is -1.65. The molecule has 0 unspecified atom stereocenters. The zero-order chi connectivity index (χ0) is 11.4. The standard InChI is InChI=1S/C10H15N3O2/c1-4-8(9(14)15)13-10-11-6(2)5-7(3)12-10/h5,8H,4H2,1-3H3,(H,14,15)(H,11,12,13)/p-1/t8-/m1/s1. The molecular weight excluding hydrogens is 194 g/mol. The smallest absolute Gasteiger partial charge is 0.223 e. The minimum absolute atomic E-state index is 0.337. The molecule has 0 saturated carbocycles. The van der Waals surface area contributed by atoms with Gasteiger partial charge in [0.15, 0.2) is 0 Å². The van der Waals surface area contributed by atoms with Crippen LogP contribution in [0.1, 0.15) is 24.7 Å². The fraction of sp³-hybridized carbons (Fsp3) is 0.500. The quantitative estimate of drug-likeness (QED) is 0.755. The topological polar surface area (TPSA) is 77.9 Å². The molecule has 1 atom stereocenters. The number of carbonyl (C=O) groups excluding carboxylic acids is 1. The maximum Gasteiger partial charge on any atom is 0.223 e. The summed E-state index contributed by atoms with van der Waals surface area (Å²) in [6.45, 7) is 5.43.